The number of aliphatic carboxylic acids is 1. The number of hydrogen-bond acceptors (Lipinski definition) is 3. The van der Waals surface area contributed by atoms with Crippen molar-refractivity contribution in [3.63, 3.8) is 0 Å². The lowest BCUT2D eigenvalue weighted by molar-refractivity contribution is -0.142. The van der Waals surface area contributed by atoms with Crippen LogP contribution in [0.1, 0.15) is 38.5 Å². The summed E-state index contributed by atoms with van der Waals surface area (Å²) >= 11 is 0. The van der Waals surface area contributed by atoms with E-state index >= 15 is 0 Å². The Labute approximate surface area is 101 Å². The van der Waals surface area contributed by atoms with Crippen LogP contribution in [0.3, 0.4) is 0 Å². The Morgan fingerprint density at radius 1 is 1.29 bits per heavy atom. The van der Waals surface area contributed by atoms with E-state index in [9.17, 15) is 9.59 Å². The van der Waals surface area contributed by atoms with Crippen molar-refractivity contribution in [1.29, 1.82) is 0 Å². The number of rotatable bonds is 3. The lowest BCUT2D eigenvalue weighted by Crippen LogP contribution is -2.48. The first-order valence-electron chi connectivity index (χ1n) is 6.37. The molecule has 3 atom stereocenters. The SMILES string of the molecule is NC(CC(=O)O)C(=O)N1CCC2CCCCC21. The molecular formula is C12H20N2O3. The molecule has 2 aliphatic rings. The topological polar surface area (TPSA) is 83.6 Å². The number of fused-ring (bicyclic) bond motifs is 1. The van der Waals surface area contributed by atoms with Crippen LogP contribution in [0.2, 0.25) is 0 Å². The van der Waals surface area contributed by atoms with Crippen molar-refractivity contribution in [2.75, 3.05) is 6.54 Å². The highest BCUT2D eigenvalue weighted by Gasteiger charge is 2.39. The molecule has 5 nitrogen and oxygen atoms in total. The lowest BCUT2D eigenvalue weighted by Gasteiger charge is -2.32. The fourth-order valence-electron chi connectivity index (χ4n) is 3.17. The lowest BCUT2D eigenvalue weighted by atomic mass is 9.85. The van der Waals surface area contributed by atoms with Gasteiger partial charge in [-0.2, -0.15) is 0 Å². The molecule has 0 aromatic heterocycles. The van der Waals surface area contributed by atoms with E-state index < -0.39 is 12.0 Å². The Hall–Kier alpha value is -1.10. The van der Waals surface area contributed by atoms with Gasteiger partial charge in [-0.25, -0.2) is 0 Å². The zero-order valence-corrected chi connectivity index (χ0v) is 9.97. The van der Waals surface area contributed by atoms with Gasteiger partial charge in [-0.15, -0.1) is 0 Å². The number of nitrogens with zero attached hydrogens (tertiary/aromatic N) is 1. The van der Waals surface area contributed by atoms with Crippen molar-refractivity contribution in [2.45, 2.75) is 50.6 Å². The van der Waals surface area contributed by atoms with E-state index in [2.05, 4.69) is 0 Å². The predicted molar refractivity (Wildman–Crippen MR) is 62.3 cm³/mol. The Balaban J connectivity index is 1.97. The molecule has 0 aromatic carbocycles. The minimum Gasteiger partial charge on any atom is -0.481 e. The molecule has 1 heterocycles. The van der Waals surface area contributed by atoms with Gasteiger partial charge in [0.1, 0.15) is 0 Å². The van der Waals surface area contributed by atoms with Crippen LogP contribution in [-0.2, 0) is 9.59 Å². The quantitative estimate of drug-likeness (QED) is 0.755. The van der Waals surface area contributed by atoms with Crippen LogP contribution in [0, 0.1) is 5.92 Å². The van der Waals surface area contributed by atoms with Gasteiger partial charge in [0.05, 0.1) is 12.5 Å². The molecule has 5 heteroatoms. The highest BCUT2D eigenvalue weighted by atomic mass is 16.4. The fraction of sp³-hybridized carbons (Fsp3) is 0.833. The minimum atomic E-state index is -1.01. The zero-order chi connectivity index (χ0) is 12.4. The van der Waals surface area contributed by atoms with Crippen LogP contribution in [0.15, 0.2) is 0 Å². The molecule has 3 N–H and O–H groups in total. The molecule has 1 saturated heterocycles. The van der Waals surface area contributed by atoms with E-state index in [-0.39, 0.29) is 12.3 Å². The third-order valence-electron chi connectivity index (χ3n) is 4.00. The summed E-state index contributed by atoms with van der Waals surface area (Å²) in [5.41, 5.74) is 5.65. The zero-order valence-electron chi connectivity index (χ0n) is 9.97. The van der Waals surface area contributed by atoms with Crippen LogP contribution in [0.5, 0.6) is 0 Å². The number of carboxylic acids is 1. The summed E-state index contributed by atoms with van der Waals surface area (Å²) < 4.78 is 0. The molecular weight excluding hydrogens is 220 g/mol. The molecule has 2 rings (SSSR count). The van der Waals surface area contributed by atoms with Gasteiger partial charge in [-0.05, 0) is 25.2 Å². The summed E-state index contributed by atoms with van der Waals surface area (Å²) in [6.07, 6.45) is 5.45. The average molecular weight is 240 g/mol. The van der Waals surface area contributed by atoms with E-state index in [0.29, 0.717) is 12.0 Å². The number of carbonyl (C=O) groups is 2. The molecule has 3 unspecified atom stereocenters. The van der Waals surface area contributed by atoms with Crippen molar-refractivity contribution in [2.24, 2.45) is 11.7 Å². The monoisotopic (exact) mass is 240 g/mol. The standard InChI is InChI=1S/C12H20N2O3/c13-9(7-11(15)16)12(17)14-6-5-8-3-1-2-4-10(8)14/h8-10H,1-7,13H2,(H,15,16). The Bertz CT molecular complexity index is 319. The fourth-order valence-corrected chi connectivity index (χ4v) is 3.17. The molecule has 0 bridgehead atoms. The van der Waals surface area contributed by atoms with Crippen molar-refractivity contribution in [1.82, 2.24) is 4.90 Å². The maximum atomic E-state index is 12.1. The van der Waals surface area contributed by atoms with Gasteiger partial charge < -0.3 is 15.7 Å². The van der Waals surface area contributed by atoms with Crippen molar-refractivity contribution in [3.05, 3.63) is 0 Å². The average Bonchev–Trinajstić information content (AvgIpc) is 2.70. The van der Waals surface area contributed by atoms with Crippen molar-refractivity contribution >= 4 is 11.9 Å². The summed E-state index contributed by atoms with van der Waals surface area (Å²) in [7, 11) is 0. The van der Waals surface area contributed by atoms with Crippen LogP contribution >= 0.6 is 0 Å². The first-order valence-corrected chi connectivity index (χ1v) is 6.37. The maximum absolute atomic E-state index is 12.1. The van der Waals surface area contributed by atoms with Gasteiger partial charge in [0, 0.05) is 12.6 Å². The first-order chi connectivity index (χ1) is 8.09. The number of carboxylic acid groups (broad SMARTS) is 1. The van der Waals surface area contributed by atoms with Gasteiger partial charge >= 0.3 is 5.97 Å². The number of hydrogen-bond donors (Lipinski definition) is 2. The Morgan fingerprint density at radius 2 is 2.00 bits per heavy atom. The molecule has 1 aliphatic carbocycles. The molecule has 0 spiro atoms. The Kier molecular flexibility index (Phi) is 3.66. The van der Waals surface area contributed by atoms with E-state index in [0.717, 1.165) is 19.4 Å². The number of carbonyl (C=O) groups excluding carboxylic acids is 1. The van der Waals surface area contributed by atoms with Crippen LogP contribution in [0.4, 0.5) is 0 Å². The smallest absolute Gasteiger partial charge is 0.305 e. The Morgan fingerprint density at radius 3 is 2.71 bits per heavy atom. The normalized spacial score (nSPS) is 29.8. The van der Waals surface area contributed by atoms with E-state index in [1.54, 1.807) is 0 Å². The second-order valence-electron chi connectivity index (χ2n) is 5.14. The molecule has 2 fully saturated rings. The molecule has 0 aromatic rings. The van der Waals surface area contributed by atoms with Gasteiger partial charge in [0.2, 0.25) is 5.91 Å². The van der Waals surface area contributed by atoms with Crippen molar-refractivity contribution < 1.29 is 14.7 Å². The van der Waals surface area contributed by atoms with Crippen LogP contribution in [-0.4, -0.2) is 40.5 Å². The van der Waals surface area contributed by atoms with Crippen LogP contribution < -0.4 is 5.73 Å². The highest BCUT2D eigenvalue weighted by molar-refractivity contribution is 5.86. The van der Waals surface area contributed by atoms with Gasteiger partial charge in [-0.3, -0.25) is 9.59 Å². The molecule has 96 valence electrons. The largest absolute Gasteiger partial charge is 0.481 e. The summed E-state index contributed by atoms with van der Waals surface area (Å²) in [5.74, 6) is -0.572. The van der Waals surface area contributed by atoms with E-state index in [4.69, 9.17) is 10.8 Å². The van der Waals surface area contributed by atoms with Gasteiger partial charge in [0.25, 0.3) is 0 Å². The molecule has 1 aliphatic heterocycles. The highest BCUT2D eigenvalue weighted by Crippen LogP contribution is 2.36. The summed E-state index contributed by atoms with van der Waals surface area (Å²) in [5, 5.41) is 8.66. The van der Waals surface area contributed by atoms with Crippen LogP contribution in [0.25, 0.3) is 0 Å². The summed E-state index contributed by atoms with van der Waals surface area (Å²) in [6, 6.07) is -0.565. The number of amides is 1. The van der Waals surface area contributed by atoms with E-state index in [1.807, 2.05) is 4.90 Å². The summed E-state index contributed by atoms with van der Waals surface area (Å²) in [4.78, 5) is 24.5. The van der Waals surface area contributed by atoms with E-state index in [1.165, 1.54) is 19.3 Å². The third-order valence-corrected chi connectivity index (χ3v) is 4.00. The minimum absolute atomic E-state index is 0.179. The first kappa shape index (κ1) is 12.4. The molecule has 0 radical (unpaired) electrons. The number of nitrogens with two attached hydrogens (primary N) is 1. The second-order valence-corrected chi connectivity index (χ2v) is 5.14. The van der Waals surface area contributed by atoms with Gasteiger partial charge in [0.15, 0.2) is 0 Å². The van der Waals surface area contributed by atoms with Crippen molar-refractivity contribution in [3.8, 4) is 0 Å². The maximum Gasteiger partial charge on any atom is 0.305 e. The molecule has 1 amide bonds. The van der Waals surface area contributed by atoms with Gasteiger partial charge in [-0.1, -0.05) is 12.8 Å². The third kappa shape index (κ3) is 2.60. The molecule has 17 heavy (non-hydrogen) atoms. The summed E-state index contributed by atoms with van der Waals surface area (Å²) in [6.45, 7) is 0.751. The predicted octanol–water partition coefficient (Wildman–Crippen LogP) is 0.579. The second kappa shape index (κ2) is 5.04. The molecule has 1 saturated carbocycles. The number of likely N-dealkylation sites (tertiary alicyclic amines) is 1.